The van der Waals surface area contributed by atoms with Crippen molar-refractivity contribution in [3.63, 3.8) is 0 Å². The Morgan fingerprint density at radius 2 is 2.07 bits per heavy atom. The molecule has 2 nitrogen and oxygen atoms in total. The standard InChI is InChI=1S/C12H13NO/c1-8-4-5-9(2)11(6-8)12(14)10(3)7-13/h4-6,10H,1-3H3. The minimum Gasteiger partial charge on any atom is -0.293 e. The topological polar surface area (TPSA) is 40.9 Å². The molecular weight excluding hydrogens is 174 g/mol. The number of carbonyl (C=O) groups excluding carboxylic acids is 1. The van der Waals surface area contributed by atoms with Gasteiger partial charge in [0.05, 0.1) is 6.07 Å². The predicted octanol–water partition coefficient (Wildman–Crippen LogP) is 2.65. The Labute approximate surface area is 84.2 Å². The lowest BCUT2D eigenvalue weighted by Crippen LogP contribution is -2.10. The summed E-state index contributed by atoms with van der Waals surface area (Å²) in [6, 6.07) is 7.67. The number of Topliss-reactive ketones (excluding diaryl/α,β-unsaturated/α-hetero) is 1. The summed E-state index contributed by atoms with van der Waals surface area (Å²) in [6.45, 7) is 5.45. The minimum absolute atomic E-state index is 0.0892. The molecule has 1 aromatic carbocycles. The maximum atomic E-state index is 11.7. The SMILES string of the molecule is Cc1ccc(C)c(C(=O)C(C)C#N)c1. The van der Waals surface area contributed by atoms with Crippen molar-refractivity contribution < 1.29 is 4.79 Å². The summed E-state index contributed by atoms with van der Waals surface area (Å²) in [5, 5.41) is 8.66. The van der Waals surface area contributed by atoms with Crippen LogP contribution in [0.4, 0.5) is 0 Å². The summed E-state index contributed by atoms with van der Waals surface area (Å²) >= 11 is 0. The second-order valence-corrected chi connectivity index (χ2v) is 3.53. The van der Waals surface area contributed by atoms with Crippen LogP contribution in [0.3, 0.4) is 0 Å². The molecular formula is C12H13NO. The summed E-state index contributed by atoms with van der Waals surface area (Å²) in [4.78, 5) is 11.7. The van der Waals surface area contributed by atoms with Crippen molar-refractivity contribution in [1.82, 2.24) is 0 Å². The van der Waals surface area contributed by atoms with Gasteiger partial charge in [0.15, 0.2) is 5.78 Å². The second-order valence-electron chi connectivity index (χ2n) is 3.53. The molecule has 0 fully saturated rings. The first-order chi connectivity index (χ1) is 6.56. The van der Waals surface area contributed by atoms with Gasteiger partial charge in [0.1, 0.15) is 5.92 Å². The van der Waals surface area contributed by atoms with Crippen molar-refractivity contribution in [3.8, 4) is 6.07 Å². The molecule has 0 N–H and O–H groups in total. The molecule has 0 heterocycles. The van der Waals surface area contributed by atoms with Crippen LogP contribution in [0.15, 0.2) is 18.2 Å². The number of rotatable bonds is 2. The maximum Gasteiger partial charge on any atom is 0.179 e. The van der Waals surface area contributed by atoms with Crippen molar-refractivity contribution in [2.75, 3.05) is 0 Å². The Kier molecular flexibility index (Phi) is 3.03. The maximum absolute atomic E-state index is 11.7. The van der Waals surface area contributed by atoms with Crippen LogP contribution in [0.2, 0.25) is 0 Å². The predicted molar refractivity (Wildman–Crippen MR) is 55.0 cm³/mol. The summed E-state index contributed by atoms with van der Waals surface area (Å²) < 4.78 is 0. The van der Waals surface area contributed by atoms with E-state index >= 15 is 0 Å². The zero-order chi connectivity index (χ0) is 10.7. The fourth-order valence-corrected chi connectivity index (χ4v) is 1.29. The second kappa shape index (κ2) is 4.06. The van der Waals surface area contributed by atoms with Gasteiger partial charge < -0.3 is 0 Å². The molecule has 1 aromatic rings. The highest BCUT2D eigenvalue weighted by molar-refractivity contribution is 6.00. The Morgan fingerprint density at radius 1 is 1.43 bits per heavy atom. The number of benzene rings is 1. The van der Waals surface area contributed by atoms with Crippen molar-refractivity contribution in [1.29, 1.82) is 5.26 Å². The van der Waals surface area contributed by atoms with Gasteiger partial charge in [-0.15, -0.1) is 0 Å². The summed E-state index contributed by atoms with van der Waals surface area (Å²) in [5.41, 5.74) is 2.64. The monoisotopic (exact) mass is 187 g/mol. The number of hydrogen-bond acceptors (Lipinski definition) is 2. The van der Waals surface area contributed by atoms with E-state index in [9.17, 15) is 4.79 Å². The highest BCUT2D eigenvalue weighted by Gasteiger charge is 2.16. The Morgan fingerprint density at radius 3 is 2.64 bits per heavy atom. The summed E-state index contributed by atoms with van der Waals surface area (Å²) in [7, 11) is 0. The first-order valence-electron chi connectivity index (χ1n) is 4.57. The third kappa shape index (κ3) is 2.00. The first kappa shape index (κ1) is 10.5. The molecule has 0 radical (unpaired) electrons. The Hall–Kier alpha value is -1.62. The molecule has 2 heteroatoms. The fourth-order valence-electron chi connectivity index (χ4n) is 1.29. The average Bonchev–Trinajstić information content (AvgIpc) is 2.19. The number of carbonyl (C=O) groups is 1. The highest BCUT2D eigenvalue weighted by atomic mass is 16.1. The molecule has 14 heavy (non-hydrogen) atoms. The molecule has 0 aliphatic carbocycles. The van der Waals surface area contributed by atoms with E-state index in [0.717, 1.165) is 11.1 Å². The molecule has 1 unspecified atom stereocenters. The average molecular weight is 187 g/mol. The molecule has 0 bridgehead atoms. The van der Waals surface area contributed by atoms with Gasteiger partial charge in [-0.1, -0.05) is 17.7 Å². The van der Waals surface area contributed by atoms with Gasteiger partial charge in [-0.3, -0.25) is 4.79 Å². The lowest BCUT2D eigenvalue weighted by Gasteiger charge is -2.06. The van der Waals surface area contributed by atoms with E-state index in [1.165, 1.54) is 0 Å². The Balaban J connectivity index is 3.14. The minimum atomic E-state index is -0.560. The fraction of sp³-hybridized carbons (Fsp3) is 0.333. The van der Waals surface area contributed by atoms with Crippen molar-refractivity contribution in [3.05, 3.63) is 34.9 Å². The molecule has 0 saturated carbocycles. The number of aryl methyl sites for hydroxylation is 2. The molecule has 1 atom stereocenters. The van der Waals surface area contributed by atoms with E-state index in [2.05, 4.69) is 0 Å². The number of ketones is 1. The molecule has 0 aliphatic rings. The molecule has 0 aromatic heterocycles. The molecule has 0 spiro atoms. The molecule has 1 rings (SSSR count). The van der Waals surface area contributed by atoms with Crippen LogP contribution in [-0.4, -0.2) is 5.78 Å². The van der Waals surface area contributed by atoms with Crippen molar-refractivity contribution in [2.45, 2.75) is 20.8 Å². The lowest BCUT2D eigenvalue weighted by atomic mass is 9.95. The number of hydrogen-bond donors (Lipinski definition) is 0. The molecule has 72 valence electrons. The van der Waals surface area contributed by atoms with E-state index in [1.54, 1.807) is 6.92 Å². The van der Waals surface area contributed by atoms with Gasteiger partial charge in [0.2, 0.25) is 0 Å². The van der Waals surface area contributed by atoms with E-state index in [4.69, 9.17) is 5.26 Å². The Bertz CT molecular complexity index is 401. The van der Waals surface area contributed by atoms with Gasteiger partial charge in [0.25, 0.3) is 0 Å². The van der Waals surface area contributed by atoms with Crippen LogP contribution in [0.5, 0.6) is 0 Å². The van der Waals surface area contributed by atoms with Crippen molar-refractivity contribution in [2.24, 2.45) is 5.92 Å². The molecule has 0 amide bonds. The van der Waals surface area contributed by atoms with Gasteiger partial charge in [0, 0.05) is 5.56 Å². The zero-order valence-electron chi connectivity index (χ0n) is 8.66. The largest absolute Gasteiger partial charge is 0.293 e. The van der Waals surface area contributed by atoms with E-state index in [-0.39, 0.29) is 5.78 Å². The lowest BCUT2D eigenvalue weighted by molar-refractivity contribution is 0.0956. The quantitative estimate of drug-likeness (QED) is 0.668. The molecule has 0 aliphatic heterocycles. The van der Waals surface area contributed by atoms with Crippen molar-refractivity contribution >= 4 is 5.78 Å². The van der Waals surface area contributed by atoms with Gasteiger partial charge in [-0.25, -0.2) is 0 Å². The normalized spacial score (nSPS) is 11.9. The smallest absolute Gasteiger partial charge is 0.179 e. The van der Waals surface area contributed by atoms with E-state index in [0.29, 0.717) is 5.56 Å². The van der Waals surface area contributed by atoms with E-state index < -0.39 is 5.92 Å². The van der Waals surface area contributed by atoms with Gasteiger partial charge >= 0.3 is 0 Å². The number of nitrogens with zero attached hydrogens (tertiary/aromatic N) is 1. The first-order valence-corrected chi connectivity index (χ1v) is 4.57. The molecule has 0 saturated heterocycles. The third-order valence-corrected chi connectivity index (χ3v) is 2.25. The zero-order valence-corrected chi connectivity index (χ0v) is 8.66. The van der Waals surface area contributed by atoms with Crippen LogP contribution >= 0.6 is 0 Å². The third-order valence-electron chi connectivity index (χ3n) is 2.25. The summed E-state index contributed by atoms with van der Waals surface area (Å²) in [5.74, 6) is -0.649. The highest BCUT2D eigenvalue weighted by Crippen LogP contribution is 2.15. The van der Waals surface area contributed by atoms with Crippen LogP contribution in [0, 0.1) is 31.1 Å². The van der Waals surface area contributed by atoms with Crippen LogP contribution in [0.1, 0.15) is 28.4 Å². The van der Waals surface area contributed by atoms with Gasteiger partial charge in [-0.05, 0) is 32.4 Å². The summed E-state index contributed by atoms with van der Waals surface area (Å²) in [6.07, 6.45) is 0. The van der Waals surface area contributed by atoms with Crippen LogP contribution in [0.25, 0.3) is 0 Å². The van der Waals surface area contributed by atoms with E-state index in [1.807, 2.05) is 38.1 Å². The van der Waals surface area contributed by atoms with Crippen LogP contribution < -0.4 is 0 Å². The van der Waals surface area contributed by atoms with Crippen LogP contribution in [-0.2, 0) is 0 Å². The number of nitriles is 1. The van der Waals surface area contributed by atoms with Gasteiger partial charge in [-0.2, -0.15) is 5.26 Å².